The number of rotatable bonds is 5. The molecule has 0 aliphatic carbocycles. The van der Waals surface area contributed by atoms with E-state index in [0.29, 0.717) is 16.1 Å². The summed E-state index contributed by atoms with van der Waals surface area (Å²) in [5.74, 6) is -1.14. The Morgan fingerprint density at radius 3 is 2.58 bits per heavy atom. The van der Waals surface area contributed by atoms with Gasteiger partial charge in [0, 0.05) is 0 Å². The van der Waals surface area contributed by atoms with Gasteiger partial charge < -0.3 is 14.5 Å². The topological polar surface area (TPSA) is 86.4 Å². The summed E-state index contributed by atoms with van der Waals surface area (Å²) < 4.78 is 12.2. The van der Waals surface area contributed by atoms with Gasteiger partial charge in [0.1, 0.15) is 0 Å². The number of amides is 1. The standard InChI is InChI=1S/C18H16BrN3O4/c1-11-17(12(2)22(21-11)13-6-4-3-5-7-13)20-16(23)10-25-18(24)14-8-9-15(19)26-14/h3-9H,10H2,1-2H3,(H,20,23). The van der Waals surface area contributed by atoms with Gasteiger partial charge in [-0.1, -0.05) is 18.2 Å². The summed E-state index contributed by atoms with van der Waals surface area (Å²) in [6.07, 6.45) is 0. The fourth-order valence-corrected chi connectivity index (χ4v) is 2.75. The number of aromatic nitrogens is 2. The Bertz CT molecular complexity index is 947. The molecule has 8 heteroatoms. The van der Waals surface area contributed by atoms with Gasteiger partial charge in [-0.3, -0.25) is 4.79 Å². The summed E-state index contributed by atoms with van der Waals surface area (Å²) in [6.45, 7) is 3.23. The highest BCUT2D eigenvalue weighted by Gasteiger charge is 2.18. The fraction of sp³-hybridized carbons (Fsp3) is 0.167. The van der Waals surface area contributed by atoms with Gasteiger partial charge in [-0.15, -0.1) is 0 Å². The highest BCUT2D eigenvalue weighted by Crippen LogP contribution is 2.22. The number of anilines is 1. The summed E-state index contributed by atoms with van der Waals surface area (Å²) in [5, 5.41) is 7.19. The molecule has 0 spiro atoms. The number of carbonyl (C=O) groups is 2. The molecular formula is C18H16BrN3O4. The lowest BCUT2D eigenvalue weighted by atomic mass is 10.3. The maximum absolute atomic E-state index is 12.1. The predicted octanol–water partition coefficient (Wildman–Crippen LogP) is 3.64. The van der Waals surface area contributed by atoms with Gasteiger partial charge in [-0.25, -0.2) is 9.48 Å². The molecule has 7 nitrogen and oxygen atoms in total. The van der Waals surface area contributed by atoms with E-state index in [2.05, 4.69) is 26.3 Å². The SMILES string of the molecule is Cc1nn(-c2ccccc2)c(C)c1NC(=O)COC(=O)c1ccc(Br)o1. The van der Waals surface area contributed by atoms with Gasteiger partial charge in [0.25, 0.3) is 5.91 Å². The largest absolute Gasteiger partial charge is 0.450 e. The first-order valence-corrected chi connectivity index (χ1v) is 8.59. The van der Waals surface area contributed by atoms with Crippen molar-refractivity contribution in [3.8, 4) is 5.69 Å². The molecule has 2 aromatic heterocycles. The van der Waals surface area contributed by atoms with Crippen LogP contribution in [0.15, 0.2) is 51.6 Å². The zero-order chi connectivity index (χ0) is 18.7. The molecule has 0 saturated heterocycles. The number of ether oxygens (including phenoxy) is 1. The molecule has 0 aliphatic heterocycles. The smallest absolute Gasteiger partial charge is 0.374 e. The van der Waals surface area contributed by atoms with E-state index in [1.54, 1.807) is 17.7 Å². The molecule has 1 N–H and O–H groups in total. The first kappa shape index (κ1) is 17.9. The van der Waals surface area contributed by atoms with Crippen LogP contribution in [-0.2, 0) is 9.53 Å². The van der Waals surface area contributed by atoms with Gasteiger partial charge >= 0.3 is 5.97 Å². The molecule has 0 aliphatic rings. The molecule has 134 valence electrons. The number of benzene rings is 1. The molecule has 0 saturated carbocycles. The van der Waals surface area contributed by atoms with Crippen LogP contribution in [0.4, 0.5) is 5.69 Å². The number of nitrogens with one attached hydrogen (secondary N) is 1. The number of nitrogens with zero attached hydrogens (tertiary/aromatic N) is 2. The quantitative estimate of drug-likeness (QED) is 0.640. The van der Waals surface area contributed by atoms with E-state index in [4.69, 9.17) is 9.15 Å². The van der Waals surface area contributed by atoms with Gasteiger partial charge in [0.2, 0.25) is 5.76 Å². The van der Waals surface area contributed by atoms with Crippen molar-refractivity contribution < 1.29 is 18.7 Å². The van der Waals surface area contributed by atoms with Crippen LogP contribution in [0.1, 0.15) is 21.9 Å². The minimum absolute atomic E-state index is 0.0222. The van der Waals surface area contributed by atoms with Crippen molar-refractivity contribution in [3.63, 3.8) is 0 Å². The lowest BCUT2D eigenvalue weighted by Gasteiger charge is -2.07. The maximum Gasteiger partial charge on any atom is 0.374 e. The molecule has 0 radical (unpaired) electrons. The van der Waals surface area contributed by atoms with Crippen molar-refractivity contribution in [2.75, 3.05) is 11.9 Å². The van der Waals surface area contributed by atoms with Crippen LogP contribution in [0, 0.1) is 13.8 Å². The van der Waals surface area contributed by atoms with Crippen LogP contribution in [-0.4, -0.2) is 28.3 Å². The number of carbonyl (C=O) groups excluding carboxylic acids is 2. The molecule has 2 heterocycles. The molecule has 0 fully saturated rings. The average Bonchev–Trinajstić information content (AvgIpc) is 3.19. The summed E-state index contributed by atoms with van der Waals surface area (Å²) in [4.78, 5) is 23.9. The van der Waals surface area contributed by atoms with E-state index in [0.717, 1.165) is 11.4 Å². The van der Waals surface area contributed by atoms with Crippen LogP contribution in [0.25, 0.3) is 5.69 Å². The van der Waals surface area contributed by atoms with Crippen molar-refractivity contribution in [3.05, 3.63) is 64.3 Å². The number of para-hydroxylation sites is 1. The van der Waals surface area contributed by atoms with E-state index in [1.807, 2.05) is 37.3 Å². The number of halogens is 1. The number of hydrogen-bond donors (Lipinski definition) is 1. The summed E-state index contributed by atoms with van der Waals surface area (Å²) in [7, 11) is 0. The number of esters is 1. The Labute approximate surface area is 158 Å². The Kier molecular flexibility index (Phi) is 5.22. The third-order valence-corrected chi connectivity index (χ3v) is 4.09. The number of aryl methyl sites for hydroxylation is 1. The Morgan fingerprint density at radius 1 is 1.19 bits per heavy atom. The number of furan rings is 1. The van der Waals surface area contributed by atoms with Crippen molar-refractivity contribution in [1.29, 1.82) is 0 Å². The third-order valence-electron chi connectivity index (χ3n) is 3.67. The first-order valence-electron chi connectivity index (χ1n) is 7.79. The van der Waals surface area contributed by atoms with E-state index in [9.17, 15) is 9.59 Å². The van der Waals surface area contributed by atoms with Crippen molar-refractivity contribution in [2.45, 2.75) is 13.8 Å². The van der Waals surface area contributed by atoms with E-state index in [1.165, 1.54) is 6.07 Å². The van der Waals surface area contributed by atoms with Gasteiger partial charge in [-0.2, -0.15) is 5.10 Å². The second-order valence-corrected chi connectivity index (χ2v) is 6.30. The molecular weight excluding hydrogens is 402 g/mol. The molecule has 1 aromatic carbocycles. The van der Waals surface area contributed by atoms with E-state index >= 15 is 0 Å². The van der Waals surface area contributed by atoms with Gasteiger partial charge in [-0.05, 0) is 54.0 Å². The van der Waals surface area contributed by atoms with Crippen LogP contribution >= 0.6 is 15.9 Å². The summed E-state index contributed by atoms with van der Waals surface area (Å²) in [6, 6.07) is 12.6. The third kappa shape index (κ3) is 3.85. The summed E-state index contributed by atoms with van der Waals surface area (Å²) >= 11 is 3.10. The molecule has 0 atom stereocenters. The minimum Gasteiger partial charge on any atom is -0.450 e. The second-order valence-electron chi connectivity index (χ2n) is 5.52. The van der Waals surface area contributed by atoms with Gasteiger partial charge in [0.15, 0.2) is 11.3 Å². The fourth-order valence-electron chi connectivity index (χ4n) is 2.45. The molecule has 3 aromatic rings. The molecule has 3 rings (SSSR count). The predicted molar refractivity (Wildman–Crippen MR) is 98.4 cm³/mol. The Hall–Kier alpha value is -2.87. The highest BCUT2D eigenvalue weighted by atomic mass is 79.9. The van der Waals surface area contributed by atoms with E-state index < -0.39 is 18.5 Å². The number of hydrogen-bond acceptors (Lipinski definition) is 5. The normalized spacial score (nSPS) is 10.6. The molecule has 1 amide bonds. The van der Waals surface area contributed by atoms with Crippen molar-refractivity contribution in [2.24, 2.45) is 0 Å². The van der Waals surface area contributed by atoms with Crippen LogP contribution in [0.2, 0.25) is 0 Å². The van der Waals surface area contributed by atoms with Crippen molar-refractivity contribution in [1.82, 2.24) is 9.78 Å². The lowest BCUT2D eigenvalue weighted by Crippen LogP contribution is -2.21. The molecule has 0 unspecified atom stereocenters. The maximum atomic E-state index is 12.1. The van der Waals surface area contributed by atoms with Crippen LogP contribution in [0.5, 0.6) is 0 Å². The van der Waals surface area contributed by atoms with Crippen LogP contribution in [0.3, 0.4) is 0 Å². The molecule has 26 heavy (non-hydrogen) atoms. The van der Waals surface area contributed by atoms with Crippen LogP contribution < -0.4 is 5.32 Å². The summed E-state index contributed by atoms with van der Waals surface area (Å²) in [5.41, 5.74) is 2.93. The minimum atomic E-state index is -0.709. The van der Waals surface area contributed by atoms with E-state index in [-0.39, 0.29) is 5.76 Å². The van der Waals surface area contributed by atoms with Crippen molar-refractivity contribution >= 4 is 33.5 Å². The Morgan fingerprint density at radius 2 is 1.92 bits per heavy atom. The highest BCUT2D eigenvalue weighted by molar-refractivity contribution is 9.10. The van der Waals surface area contributed by atoms with Gasteiger partial charge in [0.05, 0.1) is 22.8 Å². The first-order chi connectivity index (χ1) is 12.5. The monoisotopic (exact) mass is 417 g/mol. The Balaban J connectivity index is 1.66. The average molecular weight is 418 g/mol. The zero-order valence-electron chi connectivity index (χ0n) is 14.2. The molecule has 0 bridgehead atoms. The second kappa shape index (κ2) is 7.57. The zero-order valence-corrected chi connectivity index (χ0v) is 15.7. The lowest BCUT2D eigenvalue weighted by molar-refractivity contribution is -0.119.